The van der Waals surface area contributed by atoms with E-state index in [2.05, 4.69) is 5.32 Å². The Morgan fingerprint density at radius 2 is 1.84 bits per heavy atom. The second kappa shape index (κ2) is 8.87. The molecule has 2 N–H and O–H groups in total. The zero-order chi connectivity index (χ0) is 18.2. The molecule has 0 aliphatic carbocycles. The molecule has 1 atom stereocenters. The van der Waals surface area contributed by atoms with Crippen molar-refractivity contribution in [2.24, 2.45) is 5.92 Å². The van der Waals surface area contributed by atoms with Crippen molar-refractivity contribution in [3.05, 3.63) is 65.2 Å². The van der Waals surface area contributed by atoms with Gasteiger partial charge in [0, 0.05) is 12.5 Å². The van der Waals surface area contributed by atoms with Crippen LogP contribution < -0.4 is 10.1 Å². The first-order valence-electron chi connectivity index (χ1n) is 8.21. The molecule has 1 amide bonds. The molecule has 0 aliphatic rings. The molecule has 0 saturated carbocycles. The number of amides is 1. The van der Waals surface area contributed by atoms with Crippen LogP contribution in [0.4, 0.5) is 0 Å². The van der Waals surface area contributed by atoms with E-state index in [1.807, 2.05) is 44.2 Å². The summed E-state index contributed by atoms with van der Waals surface area (Å²) in [6.07, 6.45) is 0.688. The molecule has 2 aromatic carbocycles. The van der Waals surface area contributed by atoms with E-state index in [4.69, 9.17) is 9.84 Å². The van der Waals surface area contributed by atoms with Crippen LogP contribution in [0.2, 0.25) is 0 Å². The number of ether oxygens (including phenoxy) is 1. The predicted molar refractivity (Wildman–Crippen MR) is 95.5 cm³/mol. The number of nitrogens with one attached hydrogen (secondary N) is 1. The Hall–Kier alpha value is -2.82. The third-order valence-electron chi connectivity index (χ3n) is 3.84. The highest BCUT2D eigenvalue weighted by atomic mass is 16.5. The molecule has 0 bridgehead atoms. The molecule has 5 heteroatoms. The fourth-order valence-corrected chi connectivity index (χ4v) is 2.42. The summed E-state index contributed by atoms with van der Waals surface area (Å²) in [7, 11) is 0. The number of carboxylic acids is 1. The lowest BCUT2D eigenvalue weighted by Gasteiger charge is -2.13. The normalized spacial score (nSPS) is 11.6. The van der Waals surface area contributed by atoms with Gasteiger partial charge < -0.3 is 15.2 Å². The quantitative estimate of drug-likeness (QED) is 0.774. The Bertz CT molecular complexity index is 725. The van der Waals surface area contributed by atoms with Gasteiger partial charge in [-0.15, -0.1) is 0 Å². The zero-order valence-electron chi connectivity index (χ0n) is 14.5. The van der Waals surface area contributed by atoms with Gasteiger partial charge in [-0.25, -0.2) is 4.79 Å². The van der Waals surface area contributed by atoms with Gasteiger partial charge in [-0.05, 0) is 36.6 Å². The van der Waals surface area contributed by atoms with Crippen molar-refractivity contribution in [1.29, 1.82) is 0 Å². The molecular formula is C20H23NO4. The molecule has 25 heavy (non-hydrogen) atoms. The van der Waals surface area contributed by atoms with Crippen molar-refractivity contribution in [2.75, 3.05) is 6.61 Å². The molecule has 0 saturated heterocycles. The maximum absolute atomic E-state index is 12.3. The molecule has 0 heterocycles. The lowest BCUT2D eigenvalue weighted by atomic mass is 9.99. The zero-order valence-corrected chi connectivity index (χ0v) is 14.5. The molecule has 5 nitrogen and oxygen atoms in total. The van der Waals surface area contributed by atoms with Crippen molar-refractivity contribution in [2.45, 2.75) is 26.8 Å². The summed E-state index contributed by atoms with van der Waals surface area (Å²) in [5, 5.41) is 11.5. The number of carbonyl (C=O) groups is 2. The van der Waals surface area contributed by atoms with E-state index >= 15 is 0 Å². The summed E-state index contributed by atoms with van der Waals surface area (Å²) in [6.45, 7) is 3.93. The Labute approximate surface area is 147 Å². The van der Waals surface area contributed by atoms with Crippen LogP contribution in [-0.4, -0.2) is 23.6 Å². The summed E-state index contributed by atoms with van der Waals surface area (Å²) >= 11 is 0. The van der Waals surface area contributed by atoms with Gasteiger partial charge in [-0.3, -0.25) is 4.79 Å². The Morgan fingerprint density at radius 1 is 1.12 bits per heavy atom. The van der Waals surface area contributed by atoms with Gasteiger partial charge in [0.25, 0.3) is 0 Å². The standard InChI is InChI=1S/C20H23NO4/c1-14-6-8-16(9-7-14)10-15(2)20(24)21-12-17-4-3-5-18(11-17)25-13-19(22)23/h3-9,11,15H,10,12-13H2,1-2H3,(H,21,24)(H,22,23). The summed E-state index contributed by atoms with van der Waals surface area (Å²) in [4.78, 5) is 22.8. The number of carboxylic acid groups (broad SMARTS) is 1. The molecule has 0 radical (unpaired) electrons. The molecule has 132 valence electrons. The van der Waals surface area contributed by atoms with E-state index in [9.17, 15) is 9.59 Å². The van der Waals surface area contributed by atoms with Crippen LogP contribution in [0.5, 0.6) is 5.75 Å². The van der Waals surface area contributed by atoms with Gasteiger partial charge in [0.2, 0.25) is 5.91 Å². The average molecular weight is 341 g/mol. The fraction of sp³-hybridized carbons (Fsp3) is 0.300. The molecule has 0 fully saturated rings. The van der Waals surface area contributed by atoms with Crippen LogP contribution in [0, 0.1) is 12.8 Å². The van der Waals surface area contributed by atoms with Crippen LogP contribution in [-0.2, 0) is 22.6 Å². The first-order chi connectivity index (χ1) is 11.9. The molecule has 1 unspecified atom stereocenters. The highest BCUT2D eigenvalue weighted by molar-refractivity contribution is 5.78. The molecule has 2 aromatic rings. The molecule has 0 aliphatic heterocycles. The van der Waals surface area contributed by atoms with E-state index < -0.39 is 5.97 Å². The van der Waals surface area contributed by atoms with Gasteiger partial charge in [-0.1, -0.05) is 48.9 Å². The van der Waals surface area contributed by atoms with Crippen molar-refractivity contribution >= 4 is 11.9 Å². The highest BCUT2D eigenvalue weighted by Gasteiger charge is 2.13. The van der Waals surface area contributed by atoms with E-state index in [1.54, 1.807) is 18.2 Å². The predicted octanol–water partition coefficient (Wildman–Crippen LogP) is 2.95. The number of aliphatic carboxylic acids is 1. The minimum Gasteiger partial charge on any atom is -0.482 e. The Kier molecular flexibility index (Phi) is 6.57. The summed E-state index contributed by atoms with van der Waals surface area (Å²) < 4.78 is 5.14. The van der Waals surface area contributed by atoms with E-state index in [0.717, 1.165) is 11.1 Å². The second-order valence-corrected chi connectivity index (χ2v) is 6.14. The Balaban J connectivity index is 1.85. The summed E-state index contributed by atoms with van der Waals surface area (Å²) in [5.74, 6) is -0.697. The fourth-order valence-electron chi connectivity index (χ4n) is 2.42. The van der Waals surface area contributed by atoms with Gasteiger partial charge in [-0.2, -0.15) is 0 Å². The monoisotopic (exact) mass is 341 g/mol. The maximum Gasteiger partial charge on any atom is 0.341 e. The highest BCUT2D eigenvalue weighted by Crippen LogP contribution is 2.14. The van der Waals surface area contributed by atoms with Crippen LogP contribution >= 0.6 is 0 Å². The van der Waals surface area contributed by atoms with Gasteiger partial charge >= 0.3 is 5.97 Å². The van der Waals surface area contributed by atoms with E-state index in [0.29, 0.717) is 18.7 Å². The second-order valence-electron chi connectivity index (χ2n) is 6.14. The number of hydrogen-bond acceptors (Lipinski definition) is 3. The first-order valence-corrected chi connectivity index (χ1v) is 8.21. The lowest BCUT2D eigenvalue weighted by Crippen LogP contribution is -2.29. The molecule has 0 spiro atoms. The van der Waals surface area contributed by atoms with E-state index in [1.165, 1.54) is 5.56 Å². The van der Waals surface area contributed by atoms with Crippen LogP contribution in [0.15, 0.2) is 48.5 Å². The molecular weight excluding hydrogens is 318 g/mol. The third-order valence-corrected chi connectivity index (χ3v) is 3.84. The summed E-state index contributed by atoms with van der Waals surface area (Å²) in [6, 6.07) is 15.2. The Morgan fingerprint density at radius 3 is 2.52 bits per heavy atom. The number of benzene rings is 2. The minimum atomic E-state index is -1.02. The smallest absolute Gasteiger partial charge is 0.341 e. The van der Waals surface area contributed by atoms with Crippen LogP contribution in [0.1, 0.15) is 23.6 Å². The van der Waals surface area contributed by atoms with Crippen LogP contribution in [0.3, 0.4) is 0 Å². The third kappa shape index (κ3) is 6.30. The maximum atomic E-state index is 12.3. The van der Waals surface area contributed by atoms with Gasteiger partial charge in [0.15, 0.2) is 6.61 Å². The molecule has 2 rings (SSSR count). The van der Waals surface area contributed by atoms with Gasteiger partial charge in [0.05, 0.1) is 0 Å². The van der Waals surface area contributed by atoms with Crippen molar-refractivity contribution < 1.29 is 19.4 Å². The average Bonchev–Trinajstić information content (AvgIpc) is 2.60. The minimum absolute atomic E-state index is 0.0163. The van der Waals surface area contributed by atoms with E-state index in [-0.39, 0.29) is 18.4 Å². The number of aryl methyl sites for hydroxylation is 1. The summed E-state index contributed by atoms with van der Waals surface area (Å²) in [5.41, 5.74) is 3.20. The van der Waals surface area contributed by atoms with Crippen molar-refractivity contribution in [3.8, 4) is 5.75 Å². The van der Waals surface area contributed by atoms with Crippen LogP contribution in [0.25, 0.3) is 0 Å². The SMILES string of the molecule is Cc1ccc(CC(C)C(=O)NCc2cccc(OCC(=O)O)c2)cc1. The van der Waals surface area contributed by atoms with Crippen molar-refractivity contribution in [3.63, 3.8) is 0 Å². The number of rotatable bonds is 8. The largest absolute Gasteiger partial charge is 0.482 e. The number of hydrogen-bond donors (Lipinski definition) is 2. The lowest BCUT2D eigenvalue weighted by molar-refractivity contribution is -0.139. The molecule has 0 aromatic heterocycles. The number of carbonyl (C=O) groups excluding carboxylic acids is 1. The topological polar surface area (TPSA) is 75.6 Å². The first kappa shape index (κ1) is 18.5. The van der Waals surface area contributed by atoms with Crippen molar-refractivity contribution in [1.82, 2.24) is 5.32 Å². The van der Waals surface area contributed by atoms with Gasteiger partial charge in [0.1, 0.15) is 5.75 Å².